The van der Waals surface area contributed by atoms with Crippen LogP contribution in [0.2, 0.25) is 0 Å². The molecule has 0 radical (unpaired) electrons. The molecule has 0 aromatic carbocycles. The zero-order valence-electron chi connectivity index (χ0n) is 3.92. The topological polar surface area (TPSA) is 132 Å². The third-order valence-electron chi connectivity index (χ3n) is 0. The molecule has 0 atom stereocenters. The Hall–Kier alpha value is 0.727. The standard InChI is InChI=1S/4H2O.3O.Sn.W/h4*1H2;;;;;/q;;;;;;;2*+2/p-4. The summed E-state index contributed by atoms with van der Waals surface area (Å²) in [6.07, 6.45) is 0. The molecule has 0 aromatic rings. The zero-order valence-corrected chi connectivity index (χ0v) is 9.71. The van der Waals surface area contributed by atoms with E-state index in [-0.39, 0.29) is 0 Å². The van der Waals surface area contributed by atoms with E-state index in [1.807, 2.05) is 0 Å². The Morgan fingerprint density at radius 3 is 1.11 bits per heavy atom. The summed E-state index contributed by atoms with van der Waals surface area (Å²) in [6, 6.07) is 0. The molecule has 0 aliphatic carbocycles. The van der Waals surface area contributed by atoms with Gasteiger partial charge in [-0.2, -0.15) is 0 Å². The molecule has 9 heteroatoms. The van der Waals surface area contributed by atoms with Crippen LogP contribution in [0.5, 0.6) is 0 Å². The Morgan fingerprint density at radius 1 is 1.11 bits per heavy atom. The van der Waals surface area contributed by atoms with Gasteiger partial charge in [0.2, 0.25) is 0 Å². The molecule has 0 unspecified atom stereocenters. The molecule has 0 saturated heterocycles. The van der Waals surface area contributed by atoms with E-state index in [0.717, 1.165) is 0 Å². The Kier molecular flexibility index (Phi) is 7.59. The third-order valence-corrected chi connectivity index (χ3v) is 0. The van der Waals surface area contributed by atoms with Crippen molar-refractivity contribution in [2.75, 3.05) is 0 Å². The summed E-state index contributed by atoms with van der Waals surface area (Å²) in [5.74, 6) is 0. The van der Waals surface area contributed by atoms with Gasteiger partial charge in [-0.25, -0.2) is 0 Å². The summed E-state index contributed by atoms with van der Waals surface area (Å²) in [4.78, 5) is 0. The summed E-state index contributed by atoms with van der Waals surface area (Å²) >= 11 is -9.46. The number of rotatable bonds is 0. The first-order chi connectivity index (χ1) is 3.73. The van der Waals surface area contributed by atoms with Crippen molar-refractivity contribution in [3.8, 4) is 0 Å². The van der Waals surface area contributed by atoms with Gasteiger partial charge in [-0.3, -0.25) is 0 Å². The van der Waals surface area contributed by atoms with E-state index < -0.39 is 37.3 Å². The van der Waals surface area contributed by atoms with Gasteiger partial charge in [-0.1, -0.05) is 0 Å². The van der Waals surface area contributed by atoms with Crippen LogP contribution in [0.4, 0.5) is 0 Å². The van der Waals surface area contributed by atoms with Crippen molar-refractivity contribution in [1.82, 2.24) is 0 Å². The molecule has 0 rings (SSSR count). The second-order valence-corrected chi connectivity index (χ2v) is 5.56. The van der Waals surface area contributed by atoms with Gasteiger partial charge in [-0.05, 0) is 0 Å². The van der Waals surface area contributed by atoms with Crippen molar-refractivity contribution < 1.29 is 41.0 Å². The van der Waals surface area contributed by atoms with E-state index in [2.05, 4.69) is 0 Å². The summed E-state index contributed by atoms with van der Waals surface area (Å²) in [5.41, 5.74) is 0. The van der Waals surface area contributed by atoms with Gasteiger partial charge in [0.25, 0.3) is 0 Å². The van der Waals surface area contributed by atoms with E-state index in [1.54, 1.807) is 0 Å². The number of hydrogen-bond acceptors (Lipinski definition) is 3. The molecule has 0 bridgehead atoms. The van der Waals surface area contributed by atoms with Gasteiger partial charge in [0, 0.05) is 0 Å². The predicted molar refractivity (Wildman–Crippen MR) is 16.7 cm³/mol. The second kappa shape index (κ2) is 5.51. The molecule has 0 aromatic heterocycles. The summed E-state index contributed by atoms with van der Waals surface area (Å²) in [5, 5.41) is 0. The summed E-state index contributed by atoms with van der Waals surface area (Å²) in [6.45, 7) is 0. The van der Waals surface area contributed by atoms with Crippen molar-refractivity contribution in [2.45, 2.75) is 0 Å². The Morgan fingerprint density at radius 2 is 1.11 bits per heavy atom. The van der Waals surface area contributed by atoms with Crippen molar-refractivity contribution in [1.29, 1.82) is 0 Å². The van der Waals surface area contributed by atoms with Crippen LogP contribution in [0.1, 0.15) is 0 Å². The minimum absolute atomic E-state index is 3.79. The second-order valence-electron chi connectivity index (χ2n) is 0.730. The van der Waals surface area contributed by atoms with Crippen LogP contribution in [0.3, 0.4) is 0 Å². The fourth-order valence-corrected chi connectivity index (χ4v) is 0. The van der Waals surface area contributed by atoms with Crippen molar-refractivity contribution in [3.05, 3.63) is 0 Å². The van der Waals surface area contributed by atoms with Gasteiger partial charge in [0.05, 0.1) is 0 Å². The van der Waals surface area contributed by atoms with Crippen LogP contribution >= 0.6 is 0 Å². The summed E-state index contributed by atoms with van der Waals surface area (Å²) in [7, 11) is 0. The maximum absolute atomic E-state index is 8.87. The van der Waals surface area contributed by atoms with Crippen molar-refractivity contribution in [3.63, 3.8) is 0 Å². The molecule has 56 valence electrons. The fraction of sp³-hybridized carbons (Fsp3) is 0. The van der Waals surface area contributed by atoms with Crippen LogP contribution in [-0.2, 0) is 26.6 Å². The average molecular weight is 419 g/mol. The van der Waals surface area contributed by atoms with E-state index >= 15 is 0 Å². The normalized spacial score (nSPS) is 9.33. The monoisotopic (exact) mass is 420 g/mol. The Bertz CT molecular complexity index is 151. The quantitative estimate of drug-likeness (QED) is 0.309. The molecule has 7 nitrogen and oxygen atoms in total. The van der Waals surface area contributed by atoms with E-state index in [4.69, 9.17) is 24.3 Å². The van der Waals surface area contributed by atoms with E-state index in [1.165, 1.54) is 0 Å². The molecule has 0 heterocycles. The maximum atomic E-state index is 8.87. The van der Waals surface area contributed by atoms with Crippen molar-refractivity contribution in [2.24, 2.45) is 0 Å². The van der Waals surface area contributed by atoms with E-state index in [0.29, 0.717) is 0 Å². The SMILES string of the molecule is [O]=[Sn]([OH])[OH].[O]=[W](=[O])([OH])[OH]. The molecule has 9 heavy (non-hydrogen) atoms. The fourth-order valence-electron chi connectivity index (χ4n) is 0. The van der Waals surface area contributed by atoms with Gasteiger partial charge in [0.15, 0.2) is 0 Å². The van der Waals surface area contributed by atoms with Gasteiger partial charge in [-0.15, -0.1) is 0 Å². The zero-order chi connectivity index (χ0) is 8.08. The van der Waals surface area contributed by atoms with Crippen LogP contribution < -0.4 is 0 Å². The molecule has 0 amide bonds. The average Bonchev–Trinajstić information content (AvgIpc) is 1.19. The third kappa shape index (κ3) is 747. The first-order valence-corrected chi connectivity index (χ1v) is 10.1. The molecule has 4 N–H and O–H groups in total. The molecule has 0 spiro atoms. The minimum atomic E-state index is -5.67. The van der Waals surface area contributed by atoms with Crippen LogP contribution in [-0.4, -0.2) is 35.0 Å². The van der Waals surface area contributed by atoms with Crippen LogP contribution in [0.25, 0.3) is 0 Å². The Labute approximate surface area is 61.5 Å². The van der Waals surface area contributed by atoms with Crippen LogP contribution in [0.15, 0.2) is 0 Å². The molecule has 0 aliphatic rings. The number of hydrogen-bond donors (Lipinski definition) is 4. The van der Waals surface area contributed by atoms with Gasteiger partial charge < -0.3 is 0 Å². The predicted octanol–water partition coefficient (Wildman–Crippen LogP) is -2.97. The van der Waals surface area contributed by atoms with Crippen molar-refractivity contribution >= 4 is 20.6 Å². The first-order valence-electron chi connectivity index (χ1n) is 1.35. The molecule has 0 fully saturated rings. The van der Waals surface area contributed by atoms with Crippen LogP contribution in [0, 0.1) is 0 Å². The van der Waals surface area contributed by atoms with Gasteiger partial charge >= 0.3 is 61.6 Å². The van der Waals surface area contributed by atoms with Gasteiger partial charge in [0.1, 0.15) is 0 Å². The molecule has 0 saturated carbocycles. The Balaban J connectivity index is 0. The molecular formula is H4O7SnW. The summed E-state index contributed by atoms with van der Waals surface area (Å²) < 4.78 is 55.4. The molecular weight excluding hydrogens is 415 g/mol. The molecule has 0 aliphatic heterocycles. The first kappa shape index (κ1) is 12.4. The van der Waals surface area contributed by atoms with E-state index in [9.17, 15) is 0 Å².